The molecule has 0 aromatic rings. The lowest BCUT2D eigenvalue weighted by Gasteiger charge is -2.15. The van der Waals surface area contributed by atoms with Gasteiger partial charge in [0.1, 0.15) is 0 Å². The summed E-state index contributed by atoms with van der Waals surface area (Å²) in [6, 6.07) is 0. The number of ether oxygens (including phenoxy) is 2. The first-order chi connectivity index (χ1) is 7.55. The molecule has 0 unspecified atom stereocenters. The minimum atomic E-state index is -0.163. The van der Waals surface area contributed by atoms with E-state index in [-0.39, 0.29) is 19.4 Å². The average Bonchev–Trinajstić information content (AvgIpc) is 2.35. The summed E-state index contributed by atoms with van der Waals surface area (Å²) in [5.41, 5.74) is 0. The Kier molecular flexibility index (Phi) is 18.6. The lowest BCUT2D eigenvalue weighted by Crippen LogP contribution is -2.29. The van der Waals surface area contributed by atoms with Crippen LogP contribution in [0.1, 0.15) is 34.6 Å². The van der Waals surface area contributed by atoms with Crippen LogP contribution in [0.4, 0.5) is 0 Å². The number of rotatable bonds is 5. The lowest BCUT2D eigenvalue weighted by molar-refractivity contribution is -0.142. The van der Waals surface area contributed by atoms with Crippen molar-refractivity contribution in [1.82, 2.24) is 4.90 Å². The molecule has 0 saturated carbocycles. The fraction of sp³-hybridized carbons (Fsp3) is 0.833. The third-order valence-corrected chi connectivity index (χ3v) is 1.99. The summed E-state index contributed by atoms with van der Waals surface area (Å²) in [5, 5.41) is 0. The van der Waals surface area contributed by atoms with E-state index in [9.17, 15) is 9.59 Å². The maximum Gasteiger partial charge on any atom is 0.319 e. The molecule has 5 nitrogen and oxygen atoms in total. The van der Waals surface area contributed by atoms with Gasteiger partial charge in [-0.2, -0.15) is 0 Å². The Balaban J connectivity index is -0.000000244. The maximum atomic E-state index is 10.7. The largest absolute Gasteiger partial charge is 0.469 e. The van der Waals surface area contributed by atoms with Crippen molar-refractivity contribution < 1.29 is 19.1 Å². The number of methoxy groups -OCH3 is 2. The van der Waals surface area contributed by atoms with E-state index < -0.39 is 0 Å². The molecular formula is C12H27NO4. The molecule has 0 saturated heterocycles. The van der Waals surface area contributed by atoms with Crippen LogP contribution >= 0.6 is 0 Å². The third kappa shape index (κ3) is 14.9. The molecule has 0 radical (unpaired) electrons. The molecule has 0 amide bonds. The minimum absolute atomic E-state index is 0. The number of nitrogens with zero attached hydrogens (tertiary/aromatic N) is 1. The van der Waals surface area contributed by atoms with E-state index in [1.165, 1.54) is 14.2 Å². The Morgan fingerprint density at radius 2 is 1.35 bits per heavy atom. The zero-order valence-corrected chi connectivity index (χ0v) is 10.9. The SMILES string of the molecule is C.CCC(=O)OC.CCN(CC)CC(=O)OC. The Morgan fingerprint density at radius 3 is 1.53 bits per heavy atom. The third-order valence-electron chi connectivity index (χ3n) is 1.99. The topological polar surface area (TPSA) is 55.8 Å². The molecule has 0 fully saturated rings. The molecule has 0 aliphatic heterocycles. The molecule has 0 N–H and O–H groups in total. The number of esters is 2. The molecule has 0 spiro atoms. The van der Waals surface area contributed by atoms with Crippen LogP contribution in [0.3, 0.4) is 0 Å². The summed E-state index contributed by atoms with van der Waals surface area (Å²) in [6.45, 7) is 7.99. The number of likely N-dealkylation sites (N-methyl/N-ethyl adjacent to an activating group) is 1. The molecule has 0 aromatic heterocycles. The first-order valence-electron chi connectivity index (χ1n) is 5.41. The molecule has 0 rings (SSSR count). The summed E-state index contributed by atoms with van der Waals surface area (Å²) >= 11 is 0. The second-order valence-corrected chi connectivity index (χ2v) is 2.97. The highest BCUT2D eigenvalue weighted by Gasteiger charge is 2.05. The Bertz CT molecular complexity index is 185. The van der Waals surface area contributed by atoms with Gasteiger partial charge in [0.25, 0.3) is 0 Å². The summed E-state index contributed by atoms with van der Waals surface area (Å²) in [5.74, 6) is -0.321. The normalized spacial score (nSPS) is 8.59. The molecule has 0 aliphatic carbocycles. The Hall–Kier alpha value is -1.10. The zero-order valence-electron chi connectivity index (χ0n) is 10.9. The molecule has 5 heteroatoms. The van der Waals surface area contributed by atoms with Gasteiger partial charge < -0.3 is 9.47 Å². The van der Waals surface area contributed by atoms with Gasteiger partial charge in [-0.15, -0.1) is 0 Å². The van der Waals surface area contributed by atoms with Crippen LogP contribution in [-0.4, -0.2) is 50.7 Å². The Labute approximate surface area is 105 Å². The van der Waals surface area contributed by atoms with Crippen molar-refractivity contribution in [2.45, 2.75) is 34.6 Å². The van der Waals surface area contributed by atoms with Gasteiger partial charge >= 0.3 is 11.9 Å². The van der Waals surface area contributed by atoms with Gasteiger partial charge in [-0.05, 0) is 13.1 Å². The van der Waals surface area contributed by atoms with E-state index in [4.69, 9.17) is 0 Å². The number of carbonyl (C=O) groups is 2. The van der Waals surface area contributed by atoms with E-state index >= 15 is 0 Å². The van der Waals surface area contributed by atoms with Gasteiger partial charge in [-0.3, -0.25) is 14.5 Å². The lowest BCUT2D eigenvalue weighted by atomic mass is 10.5. The number of hydrogen-bond acceptors (Lipinski definition) is 5. The van der Waals surface area contributed by atoms with Crippen molar-refractivity contribution in [3.63, 3.8) is 0 Å². The van der Waals surface area contributed by atoms with Crippen molar-refractivity contribution in [2.24, 2.45) is 0 Å². The van der Waals surface area contributed by atoms with Crippen LogP contribution in [0.15, 0.2) is 0 Å². The van der Waals surface area contributed by atoms with Crippen molar-refractivity contribution in [2.75, 3.05) is 33.9 Å². The van der Waals surface area contributed by atoms with Gasteiger partial charge in [-0.25, -0.2) is 0 Å². The predicted molar refractivity (Wildman–Crippen MR) is 68.8 cm³/mol. The van der Waals surface area contributed by atoms with Crippen LogP contribution < -0.4 is 0 Å². The summed E-state index contributed by atoms with van der Waals surface area (Å²) in [7, 11) is 2.79. The molecule has 17 heavy (non-hydrogen) atoms. The highest BCUT2D eigenvalue weighted by molar-refractivity contribution is 5.71. The van der Waals surface area contributed by atoms with E-state index in [1.54, 1.807) is 6.92 Å². The molecule has 0 heterocycles. The van der Waals surface area contributed by atoms with Crippen molar-refractivity contribution in [3.8, 4) is 0 Å². The minimum Gasteiger partial charge on any atom is -0.469 e. The molecule has 104 valence electrons. The fourth-order valence-corrected chi connectivity index (χ4v) is 0.839. The second-order valence-electron chi connectivity index (χ2n) is 2.97. The summed E-state index contributed by atoms with van der Waals surface area (Å²) in [6.07, 6.45) is 0.469. The predicted octanol–water partition coefficient (Wildman–Crippen LogP) is 1.71. The fourth-order valence-electron chi connectivity index (χ4n) is 0.839. The highest BCUT2D eigenvalue weighted by atomic mass is 16.5. The summed E-state index contributed by atoms with van der Waals surface area (Å²) < 4.78 is 8.76. The highest BCUT2D eigenvalue weighted by Crippen LogP contribution is 1.86. The second kappa shape index (κ2) is 14.9. The smallest absolute Gasteiger partial charge is 0.319 e. The first kappa shape index (κ1) is 21.2. The van der Waals surface area contributed by atoms with Crippen molar-refractivity contribution in [3.05, 3.63) is 0 Å². The quantitative estimate of drug-likeness (QED) is 0.694. The van der Waals surface area contributed by atoms with Gasteiger partial charge in [0.15, 0.2) is 0 Å². The average molecular weight is 249 g/mol. The van der Waals surface area contributed by atoms with Gasteiger partial charge in [0.2, 0.25) is 0 Å². The van der Waals surface area contributed by atoms with Gasteiger partial charge in [-0.1, -0.05) is 28.2 Å². The van der Waals surface area contributed by atoms with Crippen LogP contribution in [0.25, 0.3) is 0 Å². The molecular weight excluding hydrogens is 222 g/mol. The standard InChI is InChI=1S/C7H15NO2.C4H8O2.CH4/c1-4-8(5-2)6-7(9)10-3;1-3-4(5)6-2;/h4-6H2,1-3H3;3H2,1-2H3;1H4. The first-order valence-corrected chi connectivity index (χ1v) is 5.41. The molecule has 0 bridgehead atoms. The van der Waals surface area contributed by atoms with Crippen molar-refractivity contribution in [1.29, 1.82) is 0 Å². The molecule has 0 aliphatic rings. The number of carbonyl (C=O) groups excluding carboxylic acids is 2. The van der Waals surface area contributed by atoms with E-state index in [2.05, 4.69) is 9.47 Å². The molecule has 0 atom stereocenters. The van der Waals surface area contributed by atoms with Crippen LogP contribution in [0, 0.1) is 0 Å². The Morgan fingerprint density at radius 1 is 0.941 bits per heavy atom. The summed E-state index contributed by atoms with van der Waals surface area (Å²) in [4.78, 5) is 22.6. The van der Waals surface area contributed by atoms with Crippen LogP contribution in [-0.2, 0) is 19.1 Å². The van der Waals surface area contributed by atoms with E-state index in [1.807, 2.05) is 18.7 Å². The monoisotopic (exact) mass is 249 g/mol. The van der Waals surface area contributed by atoms with Crippen molar-refractivity contribution >= 4 is 11.9 Å². The van der Waals surface area contributed by atoms with Crippen LogP contribution in [0.2, 0.25) is 0 Å². The van der Waals surface area contributed by atoms with E-state index in [0.717, 1.165) is 13.1 Å². The molecule has 0 aromatic carbocycles. The number of hydrogen-bond donors (Lipinski definition) is 0. The van der Waals surface area contributed by atoms with Crippen LogP contribution in [0.5, 0.6) is 0 Å². The maximum absolute atomic E-state index is 10.7. The van der Waals surface area contributed by atoms with Gasteiger partial charge in [0.05, 0.1) is 20.8 Å². The zero-order chi connectivity index (χ0) is 13.0. The van der Waals surface area contributed by atoms with Gasteiger partial charge in [0, 0.05) is 6.42 Å². The van der Waals surface area contributed by atoms with E-state index in [0.29, 0.717) is 13.0 Å².